The van der Waals surface area contributed by atoms with Crippen LogP contribution < -0.4 is 5.32 Å². The second-order valence-electron chi connectivity index (χ2n) is 6.22. The minimum absolute atomic E-state index is 0.313. The summed E-state index contributed by atoms with van der Waals surface area (Å²) in [6.07, 6.45) is 7.74. The van der Waals surface area contributed by atoms with Gasteiger partial charge in [0.25, 0.3) is 0 Å². The third-order valence-corrected chi connectivity index (χ3v) is 4.06. The molecule has 0 aliphatic heterocycles. The lowest BCUT2D eigenvalue weighted by molar-refractivity contribution is 0.162. The van der Waals surface area contributed by atoms with Gasteiger partial charge in [0.2, 0.25) is 5.95 Å². The molecule has 1 aliphatic rings. The quantitative estimate of drug-likeness (QED) is 0.887. The molecule has 0 amide bonds. The van der Waals surface area contributed by atoms with Gasteiger partial charge in [0.05, 0.1) is 12.6 Å². The number of aromatic nitrogens is 2. The summed E-state index contributed by atoms with van der Waals surface area (Å²) in [6.45, 7) is 7.57. The molecule has 1 aromatic heterocycles. The van der Waals surface area contributed by atoms with Gasteiger partial charge in [-0.3, -0.25) is 0 Å². The van der Waals surface area contributed by atoms with Crippen molar-refractivity contribution in [2.75, 3.05) is 19.0 Å². The van der Waals surface area contributed by atoms with Crippen LogP contribution in [0.2, 0.25) is 0 Å². The first kappa shape index (κ1) is 14.4. The summed E-state index contributed by atoms with van der Waals surface area (Å²) in [5, 5.41) is 3.63. The van der Waals surface area contributed by atoms with Crippen LogP contribution in [0.1, 0.15) is 46.1 Å². The Balaban J connectivity index is 2.01. The Morgan fingerprint density at radius 2 is 2.05 bits per heavy atom. The summed E-state index contributed by atoms with van der Waals surface area (Å²) in [6, 6.07) is 0.864. The second kappa shape index (κ2) is 6.42. The molecule has 0 bridgehead atoms. The molecule has 19 heavy (non-hydrogen) atoms. The van der Waals surface area contributed by atoms with Crippen molar-refractivity contribution in [1.82, 2.24) is 9.55 Å². The molecule has 1 N–H and O–H groups in total. The van der Waals surface area contributed by atoms with Crippen LogP contribution in [0, 0.1) is 11.8 Å². The van der Waals surface area contributed by atoms with Gasteiger partial charge in [0.15, 0.2) is 0 Å². The lowest BCUT2D eigenvalue weighted by Crippen LogP contribution is -2.31. The molecule has 1 saturated carbocycles. The number of nitrogens with zero attached hydrogens (tertiary/aromatic N) is 2. The molecule has 2 rings (SSSR count). The van der Waals surface area contributed by atoms with Crippen LogP contribution in [0.25, 0.3) is 0 Å². The molecule has 0 radical (unpaired) electrons. The average molecular weight is 265 g/mol. The first-order valence-corrected chi connectivity index (χ1v) is 7.38. The van der Waals surface area contributed by atoms with Crippen LogP contribution in [0.5, 0.6) is 0 Å². The predicted octanol–water partition coefficient (Wildman–Crippen LogP) is 3.33. The van der Waals surface area contributed by atoms with E-state index in [4.69, 9.17) is 4.74 Å². The molecular formula is C15H27N3O. The zero-order valence-electron chi connectivity index (χ0n) is 12.6. The molecular weight excluding hydrogens is 238 g/mol. The summed E-state index contributed by atoms with van der Waals surface area (Å²) < 4.78 is 7.40. The number of hydrogen-bond donors (Lipinski definition) is 1. The molecule has 4 heteroatoms. The van der Waals surface area contributed by atoms with E-state index < -0.39 is 0 Å². The van der Waals surface area contributed by atoms with Crippen molar-refractivity contribution >= 4 is 5.95 Å². The van der Waals surface area contributed by atoms with Gasteiger partial charge in [-0.25, -0.2) is 4.98 Å². The minimum Gasteiger partial charge on any atom is -0.383 e. The summed E-state index contributed by atoms with van der Waals surface area (Å²) in [5.74, 6) is 2.60. The van der Waals surface area contributed by atoms with E-state index >= 15 is 0 Å². The Hall–Kier alpha value is -1.03. The van der Waals surface area contributed by atoms with E-state index in [0.717, 1.165) is 17.8 Å². The highest BCUT2D eigenvalue weighted by Gasteiger charge is 2.25. The zero-order chi connectivity index (χ0) is 13.8. The fraction of sp³-hybridized carbons (Fsp3) is 0.800. The topological polar surface area (TPSA) is 39.1 Å². The highest BCUT2D eigenvalue weighted by atomic mass is 16.5. The van der Waals surface area contributed by atoms with E-state index in [1.165, 1.54) is 19.3 Å². The minimum atomic E-state index is 0.313. The SMILES string of the molecule is COCC(C)n1ccnc1NC1CC(C)CC(C)C1. The smallest absolute Gasteiger partial charge is 0.203 e. The van der Waals surface area contributed by atoms with Crippen molar-refractivity contribution in [3.63, 3.8) is 0 Å². The van der Waals surface area contributed by atoms with Gasteiger partial charge in [-0.1, -0.05) is 13.8 Å². The Kier molecular flexibility index (Phi) is 4.86. The van der Waals surface area contributed by atoms with Crippen molar-refractivity contribution in [1.29, 1.82) is 0 Å². The van der Waals surface area contributed by atoms with Gasteiger partial charge in [-0.15, -0.1) is 0 Å². The largest absolute Gasteiger partial charge is 0.383 e. The molecule has 1 fully saturated rings. The van der Waals surface area contributed by atoms with Crippen molar-refractivity contribution in [3.8, 4) is 0 Å². The van der Waals surface area contributed by atoms with Gasteiger partial charge >= 0.3 is 0 Å². The van der Waals surface area contributed by atoms with Crippen LogP contribution in [0.3, 0.4) is 0 Å². The van der Waals surface area contributed by atoms with Crippen LogP contribution in [0.4, 0.5) is 5.95 Å². The highest BCUT2D eigenvalue weighted by molar-refractivity contribution is 5.28. The third-order valence-electron chi connectivity index (χ3n) is 4.06. The summed E-state index contributed by atoms with van der Waals surface area (Å²) in [5.41, 5.74) is 0. The molecule has 0 aromatic carbocycles. The Bertz CT molecular complexity index is 380. The maximum Gasteiger partial charge on any atom is 0.203 e. The van der Waals surface area contributed by atoms with Gasteiger partial charge in [0, 0.05) is 25.5 Å². The third kappa shape index (κ3) is 3.72. The van der Waals surface area contributed by atoms with Gasteiger partial charge in [-0.05, 0) is 38.0 Å². The Labute approximate surface area is 116 Å². The fourth-order valence-electron chi connectivity index (χ4n) is 3.35. The van der Waals surface area contributed by atoms with Crippen molar-refractivity contribution < 1.29 is 4.74 Å². The number of hydrogen-bond acceptors (Lipinski definition) is 3. The van der Waals surface area contributed by atoms with Crippen molar-refractivity contribution in [2.24, 2.45) is 11.8 Å². The van der Waals surface area contributed by atoms with E-state index in [2.05, 4.69) is 35.6 Å². The maximum absolute atomic E-state index is 5.23. The number of rotatable bonds is 5. The molecule has 1 aliphatic carbocycles. The lowest BCUT2D eigenvalue weighted by atomic mass is 9.80. The highest BCUT2D eigenvalue weighted by Crippen LogP contribution is 2.30. The standard InChI is InChI=1S/C15H27N3O/c1-11-7-12(2)9-14(8-11)17-15-16-5-6-18(15)13(3)10-19-4/h5-6,11-14H,7-10H2,1-4H3,(H,16,17). The van der Waals surface area contributed by atoms with Crippen LogP contribution in [-0.2, 0) is 4.74 Å². The normalized spacial score (nSPS) is 29.2. The zero-order valence-corrected chi connectivity index (χ0v) is 12.6. The first-order chi connectivity index (χ1) is 9.10. The first-order valence-electron chi connectivity index (χ1n) is 7.38. The number of methoxy groups -OCH3 is 1. The van der Waals surface area contributed by atoms with Crippen LogP contribution in [0.15, 0.2) is 12.4 Å². The van der Waals surface area contributed by atoms with Gasteiger partial charge in [0.1, 0.15) is 0 Å². The van der Waals surface area contributed by atoms with E-state index in [1.54, 1.807) is 7.11 Å². The molecule has 3 atom stereocenters. The van der Waals surface area contributed by atoms with E-state index in [-0.39, 0.29) is 0 Å². The van der Waals surface area contributed by atoms with Gasteiger partial charge < -0.3 is 14.6 Å². The van der Waals surface area contributed by atoms with E-state index in [1.807, 2.05) is 12.4 Å². The molecule has 0 saturated heterocycles. The molecule has 0 spiro atoms. The number of nitrogens with one attached hydrogen (secondary N) is 1. The van der Waals surface area contributed by atoms with E-state index in [9.17, 15) is 0 Å². The fourth-order valence-corrected chi connectivity index (χ4v) is 3.35. The number of imidazole rings is 1. The van der Waals surface area contributed by atoms with E-state index in [0.29, 0.717) is 18.7 Å². The Morgan fingerprint density at radius 3 is 2.68 bits per heavy atom. The Morgan fingerprint density at radius 1 is 1.37 bits per heavy atom. The second-order valence-corrected chi connectivity index (χ2v) is 6.22. The van der Waals surface area contributed by atoms with Gasteiger partial charge in [-0.2, -0.15) is 0 Å². The summed E-state index contributed by atoms with van der Waals surface area (Å²) >= 11 is 0. The number of anilines is 1. The molecule has 1 heterocycles. The molecule has 1 aromatic rings. The lowest BCUT2D eigenvalue weighted by Gasteiger charge is -2.32. The van der Waals surface area contributed by atoms with Crippen molar-refractivity contribution in [3.05, 3.63) is 12.4 Å². The molecule has 3 unspecified atom stereocenters. The number of ether oxygens (including phenoxy) is 1. The molecule has 4 nitrogen and oxygen atoms in total. The summed E-state index contributed by atoms with van der Waals surface area (Å²) in [7, 11) is 1.74. The average Bonchev–Trinajstić information content (AvgIpc) is 2.76. The van der Waals surface area contributed by atoms with Crippen LogP contribution >= 0.6 is 0 Å². The maximum atomic E-state index is 5.23. The predicted molar refractivity (Wildman–Crippen MR) is 78.4 cm³/mol. The molecule has 108 valence electrons. The summed E-state index contributed by atoms with van der Waals surface area (Å²) in [4.78, 5) is 4.46. The monoisotopic (exact) mass is 265 g/mol. The van der Waals surface area contributed by atoms with Crippen LogP contribution in [-0.4, -0.2) is 29.3 Å². The van der Waals surface area contributed by atoms with Crippen molar-refractivity contribution in [2.45, 2.75) is 52.1 Å².